The number of pyridine rings is 1. The Hall–Kier alpha value is -2.19. The van der Waals surface area contributed by atoms with Crippen LogP contribution in [0.1, 0.15) is 18.1 Å². The molecule has 3 aromatic rings. The Kier molecular flexibility index (Phi) is 3.72. The van der Waals surface area contributed by atoms with Crippen LogP contribution in [-0.4, -0.2) is 11.5 Å². The molecule has 0 aliphatic heterocycles. The fraction of sp³-hybridized carbons (Fsp3) is 0.211. The first-order chi connectivity index (χ1) is 10.2. The molecule has 0 saturated heterocycles. The predicted molar refractivity (Wildman–Crippen MR) is 88.3 cm³/mol. The highest BCUT2D eigenvalue weighted by molar-refractivity contribution is 5.83. The molecule has 2 heteroatoms. The number of aromatic nitrogens is 1. The number of benzene rings is 2. The van der Waals surface area contributed by atoms with Gasteiger partial charge in [0.1, 0.15) is 0 Å². The number of nitrogens with two attached hydrogens (primary N) is 1. The van der Waals surface area contributed by atoms with E-state index in [1.165, 1.54) is 21.9 Å². The van der Waals surface area contributed by atoms with E-state index in [0.717, 1.165) is 6.42 Å². The van der Waals surface area contributed by atoms with Gasteiger partial charge in [0.15, 0.2) is 0 Å². The van der Waals surface area contributed by atoms with E-state index in [1.54, 1.807) is 6.20 Å². The molecule has 1 heterocycles. The minimum Gasteiger partial charge on any atom is -0.330 e. The number of hydrogen-bond donors (Lipinski definition) is 1. The molecule has 2 aromatic carbocycles. The van der Waals surface area contributed by atoms with Crippen molar-refractivity contribution in [2.24, 2.45) is 5.73 Å². The van der Waals surface area contributed by atoms with Crippen molar-refractivity contribution in [1.82, 2.24) is 4.98 Å². The summed E-state index contributed by atoms with van der Waals surface area (Å²) in [5.74, 6) is 0. The van der Waals surface area contributed by atoms with E-state index in [-0.39, 0.29) is 5.41 Å². The molecule has 0 amide bonds. The third-order valence-electron chi connectivity index (χ3n) is 4.21. The van der Waals surface area contributed by atoms with Crippen molar-refractivity contribution in [2.75, 3.05) is 6.54 Å². The van der Waals surface area contributed by atoms with Gasteiger partial charge in [-0.25, -0.2) is 0 Å². The third-order valence-corrected chi connectivity index (χ3v) is 4.21. The van der Waals surface area contributed by atoms with Crippen LogP contribution in [-0.2, 0) is 11.8 Å². The SMILES string of the molecule is CC(CN)(Cc1cccnc1)c1ccc2ccccc2c1. The van der Waals surface area contributed by atoms with Gasteiger partial charge in [-0.3, -0.25) is 4.98 Å². The van der Waals surface area contributed by atoms with Crippen LogP contribution in [0.25, 0.3) is 10.8 Å². The highest BCUT2D eigenvalue weighted by atomic mass is 14.6. The van der Waals surface area contributed by atoms with Crippen molar-refractivity contribution in [2.45, 2.75) is 18.8 Å². The van der Waals surface area contributed by atoms with Crippen LogP contribution in [0, 0.1) is 0 Å². The van der Waals surface area contributed by atoms with Gasteiger partial charge in [-0.2, -0.15) is 0 Å². The van der Waals surface area contributed by atoms with Crippen molar-refractivity contribution in [3.05, 3.63) is 78.1 Å². The maximum atomic E-state index is 6.11. The normalized spacial score (nSPS) is 14.0. The maximum Gasteiger partial charge on any atom is 0.0300 e. The third kappa shape index (κ3) is 2.81. The van der Waals surface area contributed by atoms with Gasteiger partial charge in [0.25, 0.3) is 0 Å². The van der Waals surface area contributed by atoms with E-state index in [9.17, 15) is 0 Å². The van der Waals surface area contributed by atoms with E-state index >= 15 is 0 Å². The van der Waals surface area contributed by atoms with E-state index in [0.29, 0.717) is 6.54 Å². The summed E-state index contributed by atoms with van der Waals surface area (Å²) in [5, 5.41) is 2.53. The maximum absolute atomic E-state index is 6.11. The van der Waals surface area contributed by atoms with Crippen molar-refractivity contribution in [3.8, 4) is 0 Å². The lowest BCUT2D eigenvalue weighted by molar-refractivity contribution is 0.481. The van der Waals surface area contributed by atoms with Crippen molar-refractivity contribution in [3.63, 3.8) is 0 Å². The van der Waals surface area contributed by atoms with Crippen LogP contribution in [0.4, 0.5) is 0 Å². The summed E-state index contributed by atoms with van der Waals surface area (Å²) in [4.78, 5) is 4.21. The highest BCUT2D eigenvalue weighted by Crippen LogP contribution is 2.29. The Morgan fingerprint density at radius 1 is 1.00 bits per heavy atom. The second kappa shape index (κ2) is 5.66. The van der Waals surface area contributed by atoms with Gasteiger partial charge in [-0.05, 0) is 34.4 Å². The molecule has 21 heavy (non-hydrogen) atoms. The van der Waals surface area contributed by atoms with E-state index in [2.05, 4.69) is 60.4 Å². The lowest BCUT2D eigenvalue weighted by Gasteiger charge is -2.29. The molecule has 0 fully saturated rings. The van der Waals surface area contributed by atoms with Gasteiger partial charge in [0, 0.05) is 24.4 Å². The highest BCUT2D eigenvalue weighted by Gasteiger charge is 2.25. The minimum atomic E-state index is -0.0763. The quantitative estimate of drug-likeness (QED) is 0.789. The fourth-order valence-electron chi connectivity index (χ4n) is 2.81. The van der Waals surface area contributed by atoms with Crippen LogP contribution in [0.3, 0.4) is 0 Å². The fourth-order valence-corrected chi connectivity index (χ4v) is 2.81. The van der Waals surface area contributed by atoms with Gasteiger partial charge in [-0.15, -0.1) is 0 Å². The number of nitrogens with zero attached hydrogens (tertiary/aromatic N) is 1. The molecule has 0 bridgehead atoms. The molecule has 1 unspecified atom stereocenters. The first kappa shape index (κ1) is 13.8. The van der Waals surface area contributed by atoms with Crippen LogP contribution in [0.15, 0.2) is 67.0 Å². The standard InChI is InChI=1S/C19H20N2/c1-19(14-20,12-15-5-4-10-21-13-15)18-9-8-16-6-2-3-7-17(16)11-18/h2-11,13H,12,14,20H2,1H3. The van der Waals surface area contributed by atoms with Crippen LogP contribution in [0.5, 0.6) is 0 Å². The van der Waals surface area contributed by atoms with Crippen molar-refractivity contribution < 1.29 is 0 Å². The predicted octanol–water partition coefficient (Wildman–Crippen LogP) is 3.69. The van der Waals surface area contributed by atoms with Gasteiger partial charge in [-0.1, -0.05) is 55.5 Å². The van der Waals surface area contributed by atoms with Crippen molar-refractivity contribution in [1.29, 1.82) is 0 Å². The lowest BCUT2D eigenvalue weighted by Crippen LogP contribution is -2.34. The second-order valence-electron chi connectivity index (χ2n) is 5.86. The molecule has 0 saturated carbocycles. The number of hydrogen-bond acceptors (Lipinski definition) is 2. The molecule has 2 N–H and O–H groups in total. The largest absolute Gasteiger partial charge is 0.330 e. The van der Waals surface area contributed by atoms with Gasteiger partial charge in [0.05, 0.1) is 0 Å². The Bertz CT molecular complexity index is 737. The van der Waals surface area contributed by atoms with Gasteiger partial charge >= 0.3 is 0 Å². The molecule has 0 spiro atoms. The zero-order valence-electron chi connectivity index (χ0n) is 12.3. The molecule has 0 aliphatic rings. The summed E-state index contributed by atoms with van der Waals surface area (Å²) in [7, 11) is 0. The Morgan fingerprint density at radius 3 is 2.52 bits per heavy atom. The average molecular weight is 276 g/mol. The minimum absolute atomic E-state index is 0.0763. The first-order valence-corrected chi connectivity index (χ1v) is 7.29. The Labute approximate surface area is 125 Å². The van der Waals surface area contributed by atoms with Gasteiger partial charge < -0.3 is 5.73 Å². The van der Waals surface area contributed by atoms with E-state index in [1.807, 2.05) is 12.3 Å². The van der Waals surface area contributed by atoms with Crippen LogP contribution < -0.4 is 5.73 Å². The Balaban J connectivity index is 2.00. The molecule has 1 atom stereocenters. The molecule has 3 rings (SSSR count). The molecule has 0 aliphatic carbocycles. The summed E-state index contributed by atoms with van der Waals surface area (Å²) in [5.41, 5.74) is 8.54. The zero-order valence-corrected chi connectivity index (χ0v) is 12.3. The molecule has 0 radical (unpaired) electrons. The molecule has 2 nitrogen and oxygen atoms in total. The van der Waals surface area contributed by atoms with Crippen LogP contribution >= 0.6 is 0 Å². The van der Waals surface area contributed by atoms with Crippen molar-refractivity contribution >= 4 is 10.8 Å². The van der Waals surface area contributed by atoms with E-state index in [4.69, 9.17) is 5.73 Å². The van der Waals surface area contributed by atoms with Crippen LogP contribution in [0.2, 0.25) is 0 Å². The van der Waals surface area contributed by atoms with E-state index < -0.39 is 0 Å². The monoisotopic (exact) mass is 276 g/mol. The molecule has 1 aromatic heterocycles. The summed E-state index contributed by atoms with van der Waals surface area (Å²) in [6.45, 7) is 2.84. The number of fused-ring (bicyclic) bond motifs is 1. The molecular weight excluding hydrogens is 256 g/mol. The second-order valence-corrected chi connectivity index (χ2v) is 5.86. The summed E-state index contributed by atoms with van der Waals surface area (Å²) >= 11 is 0. The smallest absolute Gasteiger partial charge is 0.0300 e. The summed E-state index contributed by atoms with van der Waals surface area (Å²) in [6, 6.07) is 19.2. The lowest BCUT2D eigenvalue weighted by atomic mass is 9.77. The summed E-state index contributed by atoms with van der Waals surface area (Å²) in [6.07, 6.45) is 4.63. The summed E-state index contributed by atoms with van der Waals surface area (Å²) < 4.78 is 0. The van der Waals surface area contributed by atoms with Gasteiger partial charge in [0.2, 0.25) is 0 Å². The topological polar surface area (TPSA) is 38.9 Å². The average Bonchev–Trinajstić information content (AvgIpc) is 2.55. The first-order valence-electron chi connectivity index (χ1n) is 7.29. The molecule has 106 valence electrons. The Morgan fingerprint density at radius 2 is 1.81 bits per heavy atom. The zero-order chi connectivity index (χ0) is 14.7. The number of rotatable bonds is 4. The molecular formula is C19H20N2.